The summed E-state index contributed by atoms with van der Waals surface area (Å²) in [5, 5.41) is 2.04. The fraction of sp³-hybridized carbons (Fsp3) is 0.500. The van der Waals surface area contributed by atoms with Gasteiger partial charge in [0.05, 0.1) is 0 Å². The fourth-order valence-electron chi connectivity index (χ4n) is 2.00. The third-order valence-electron chi connectivity index (χ3n) is 2.71. The van der Waals surface area contributed by atoms with Crippen molar-refractivity contribution in [2.75, 3.05) is 6.54 Å². The van der Waals surface area contributed by atoms with Gasteiger partial charge in [-0.15, -0.1) is 0 Å². The second-order valence-corrected chi connectivity index (χ2v) is 5.55. The first-order valence-electron chi connectivity index (χ1n) is 6.21. The van der Waals surface area contributed by atoms with Gasteiger partial charge in [0.2, 0.25) is 0 Å². The SMILES string of the molecule is CC(C)(C)OC(=O)CNN1Cc2ccccc2C1. The molecule has 0 saturated heterocycles. The number of rotatable bonds is 3. The molecule has 0 radical (unpaired) electrons. The van der Waals surface area contributed by atoms with Crippen molar-refractivity contribution in [3.05, 3.63) is 35.4 Å². The molecule has 0 aromatic heterocycles. The highest BCUT2D eigenvalue weighted by Crippen LogP contribution is 2.20. The number of carbonyl (C=O) groups excluding carboxylic acids is 1. The Balaban J connectivity index is 1.79. The van der Waals surface area contributed by atoms with E-state index in [9.17, 15) is 4.79 Å². The predicted octanol–water partition coefficient (Wildman–Crippen LogP) is 1.85. The lowest BCUT2D eigenvalue weighted by molar-refractivity contribution is -0.154. The van der Waals surface area contributed by atoms with E-state index in [0.717, 1.165) is 13.1 Å². The van der Waals surface area contributed by atoms with Gasteiger partial charge >= 0.3 is 5.97 Å². The average Bonchev–Trinajstić information content (AvgIpc) is 2.66. The molecule has 1 N–H and O–H groups in total. The van der Waals surface area contributed by atoms with Crippen LogP contribution >= 0.6 is 0 Å². The third kappa shape index (κ3) is 3.55. The standard InChI is InChI=1S/C14H20N2O2/c1-14(2,3)18-13(17)8-15-16-9-11-6-4-5-7-12(11)10-16/h4-7,15H,8-10H2,1-3H3. The van der Waals surface area contributed by atoms with E-state index in [-0.39, 0.29) is 12.5 Å². The van der Waals surface area contributed by atoms with E-state index in [0.29, 0.717) is 0 Å². The molecule has 1 aliphatic rings. The topological polar surface area (TPSA) is 41.6 Å². The third-order valence-corrected chi connectivity index (χ3v) is 2.71. The first-order valence-corrected chi connectivity index (χ1v) is 6.21. The summed E-state index contributed by atoms with van der Waals surface area (Å²) in [6.45, 7) is 7.49. The van der Waals surface area contributed by atoms with Gasteiger partial charge in [0.15, 0.2) is 0 Å². The van der Waals surface area contributed by atoms with Crippen molar-refractivity contribution in [2.24, 2.45) is 0 Å². The van der Waals surface area contributed by atoms with Crippen molar-refractivity contribution in [1.82, 2.24) is 10.4 Å². The lowest BCUT2D eigenvalue weighted by atomic mass is 10.1. The molecule has 0 bridgehead atoms. The van der Waals surface area contributed by atoms with Crippen molar-refractivity contribution in [1.29, 1.82) is 0 Å². The van der Waals surface area contributed by atoms with Crippen molar-refractivity contribution < 1.29 is 9.53 Å². The Labute approximate surface area is 108 Å². The van der Waals surface area contributed by atoms with Gasteiger partial charge in [-0.3, -0.25) is 4.79 Å². The maximum atomic E-state index is 11.6. The minimum absolute atomic E-state index is 0.214. The van der Waals surface area contributed by atoms with Gasteiger partial charge < -0.3 is 4.74 Å². The van der Waals surface area contributed by atoms with Crippen LogP contribution in [0.4, 0.5) is 0 Å². The molecule has 4 heteroatoms. The molecule has 4 nitrogen and oxygen atoms in total. The highest BCUT2D eigenvalue weighted by Gasteiger charge is 2.20. The molecule has 18 heavy (non-hydrogen) atoms. The van der Waals surface area contributed by atoms with E-state index < -0.39 is 5.60 Å². The number of benzene rings is 1. The summed E-state index contributed by atoms with van der Waals surface area (Å²) in [6.07, 6.45) is 0. The number of nitrogens with zero attached hydrogens (tertiary/aromatic N) is 1. The summed E-state index contributed by atoms with van der Waals surface area (Å²) in [6, 6.07) is 8.31. The molecule has 1 aromatic carbocycles. The molecule has 0 amide bonds. The van der Waals surface area contributed by atoms with E-state index in [4.69, 9.17) is 4.74 Å². The zero-order chi connectivity index (χ0) is 13.2. The Morgan fingerprint density at radius 1 is 1.28 bits per heavy atom. The number of hydrazine groups is 1. The van der Waals surface area contributed by atoms with Crippen LogP contribution < -0.4 is 5.43 Å². The van der Waals surface area contributed by atoms with E-state index in [1.165, 1.54) is 11.1 Å². The molecule has 0 atom stereocenters. The van der Waals surface area contributed by atoms with Crippen molar-refractivity contribution in [2.45, 2.75) is 39.5 Å². The van der Waals surface area contributed by atoms with Gasteiger partial charge in [0.25, 0.3) is 0 Å². The van der Waals surface area contributed by atoms with Crippen molar-refractivity contribution >= 4 is 5.97 Å². The molecule has 0 aliphatic carbocycles. The van der Waals surface area contributed by atoms with E-state index >= 15 is 0 Å². The number of ether oxygens (including phenoxy) is 1. The van der Waals surface area contributed by atoms with E-state index in [1.54, 1.807) is 0 Å². The Morgan fingerprint density at radius 3 is 2.33 bits per heavy atom. The minimum atomic E-state index is -0.424. The molecule has 1 aliphatic heterocycles. The molecular weight excluding hydrogens is 228 g/mol. The Morgan fingerprint density at radius 2 is 1.83 bits per heavy atom. The molecule has 98 valence electrons. The van der Waals surface area contributed by atoms with Gasteiger partial charge in [-0.05, 0) is 31.9 Å². The number of esters is 1. The normalized spacial score (nSPS) is 15.5. The fourth-order valence-corrected chi connectivity index (χ4v) is 2.00. The Bertz CT molecular complexity index is 413. The number of hydrogen-bond acceptors (Lipinski definition) is 4. The summed E-state index contributed by atoms with van der Waals surface area (Å²) < 4.78 is 5.25. The number of carbonyl (C=O) groups is 1. The van der Waals surface area contributed by atoms with Crippen LogP contribution in [0.2, 0.25) is 0 Å². The summed E-state index contributed by atoms with van der Waals surface area (Å²) in [5.41, 5.74) is 5.31. The maximum absolute atomic E-state index is 11.6. The zero-order valence-corrected chi connectivity index (χ0v) is 11.2. The summed E-state index contributed by atoms with van der Waals surface area (Å²) in [7, 11) is 0. The predicted molar refractivity (Wildman–Crippen MR) is 69.5 cm³/mol. The molecular formula is C14H20N2O2. The molecule has 0 unspecified atom stereocenters. The van der Waals surface area contributed by atoms with Crippen LogP contribution in [0.3, 0.4) is 0 Å². The summed E-state index contributed by atoms with van der Waals surface area (Å²) >= 11 is 0. The first kappa shape index (κ1) is 13.1. The lowest BCUT2D eigenvalue weighted by Crippen LogP contribution is -2.39. The van der Waals surface area contributed by atoms with Crippen LogP contribution in [0.1, 0.15) is 31.9 Å². The summed E-state index contributed by atoms with van der Waals surface area (Å²) in [4.78, 5) is 11.6. The molecule has 0 saturated carbocycles. The van der Waals surface area contributed by atoms with Crippen LogP contribution in [0.15, 0.2) is 24.3 Å². The average molecular weight is 248 g/mol. The zero-order valence-electron chi connectivity index (χ0n) is 11.2. The Hall–Kier alpha value is -1.39. The van der Waals surface area contributed by atoms with Crippen LogP contribution in [-0.4, -0.2) is 23.1 Å². The number of nitrogens with one attached hydrogen (secondary N) is 1. The van der Waals surface area contributed by atoms with Gasteiger partial charge in [-0.25, -0.2) is 10.4 Å². The number of fused-ring (bicyclic) bond motifs is 1. The van der Waals surface area contributed by atoms with E-state index in [2.05, 4.69) is 17.6 Å². The minimum Gasteiger partial charge on any atom is -0.459 e. The van der Waals surface area contributed by atoms with Crippen LogP contribution in [0.25, 0.3) is 0 Å². The molecule has 0 fully saturated rings. The molecule has 0 spiro atoms. The maximum Gasteiger partial charge on any atom is 0.321 e. The second kappa shape index (κ2) is 5.08. The first-order chi connectivity index (χ1) is 8.44. The van der Waals surface area contributed by atoms with Crippen molar-refractivity contribution in [3.8, 4) is 0 Å². The quantitative estimate of drug-likeness (QED) is 0.829. The Kier molecular flexibility index (Phi) is 3.68. The number of hydrogen-bond donors (Lipinski definition) is 1. The highest BCUT2D eigenvalue weighted by molar-refractivity contribution is 5.72. The highest BCUT2D eigenvalue weighted by atomic mass is 16.6. The monoisotopic (exact) mass is 248 g/mol. The largest absolute Gasteiger partial charge is 0.459 e. The molecule has 1 aromatic rings. The molecule has 2 rings (SSSR count). The van der Waals surface area contributed by atoms with Crippen LogP contribution in [-0.2, 0) is 22.6 Å². The smallest absolute Gasteiger partial charge is 0.321 e. The van der Waals surface area contributed by atoms with Gasteiger partial charge in [0, 0.05) is 13.1 Å². The van der Waals surface area contributed by atoms with Gasteiger partial charge in [0.1, 0.15) is 12.1 Å². The second-order valence-electron chi connectivity index (χ2n) is 5.55. The lowest BCUT2D eigenvalue weighted by Gasteiger charge is -2.21. The van der Waals surface area contributed by atoms with Crippen LogP contribution in [0, 0.1) is 0 Å². The van der Waals surface area contributed by atoms with Gasteiger partial charge in [-0.1, -0.05) is 24.3 Å². The van der Waals surface area contributed by atoms with E-state index in [1.807, 2.05) is 37.9 Å². The van der Waals surface area contributed by atoms with Crippen LogP contribution in [0.5, 0.6) is 0 Å². The summed E-state index contributed by atoms with van der Waals surface area (Å²) in [5.74, 6) is -0.224. The van der Waals surface area contributed by atoms with Gasteiger partial charge in [-0.2, -0.15) is 0 Å². The molecule has 1 heterocycles. The van der Waals surface area contributed by atoms with Crippen molar-refractivity contribution in [3.63, 3.8) is 0 Å².